The highest BCUT2D eigenvalue weighted by atomic mass is 16.5. The number of hydrogen-bond acceptors (Lipinski definition) is 3. The number of nitrogens with two attached hydrogens (primary N) is 1. The highest BCUT2D eigenvalue weighted by Gasteiger charge is 2.14. The van der Waals surface area contributed by atoms with Crippen molar-refractivity contribution in [3.05, 3.63) is 29.3 Å². The molecule has 0 radical (unpaired) electrons. The minimum atomic E-state index is 0.195. The van der Waals surface area contributed by atoms with Crippen LogP contribution >= 0.6 is 0 Å². The van der Waals surface area contributed by atoms with Gasteiger partial charge in [0.05, 0.1) is 7.11 Å². The summed E-state index contributed by atoms with van der Waals surface area (Å²) in [5.74, 6) is 7.28. The van der Waals surface area contributed by atoms with Crippen molar-refractivity contribution in [2.24, 2.45) is 11.8 Å². The molecule has 0 amide bonds. The number of hydrazine groups is 1. The van der Waals surface area contributed by atoms with E-state index in [0.717, 1.165) is 17.7 Å². The molecule has 0 saturated carbocycles. The van der Waals surface area contributed by atoms with Crippen LogP contribution in [0.15, 0.2) is 18.2 Å². The van der Waals surface area contributed by atoms with Crippen LogP contribution in [0.25, 0.3) is 0 Å². The van der Waals surface area contributed by atoms with Crippen molar-refractivity contribution in [1.29, 1.82) is 0 Å². The minimum Gasteiger partial charge on any atom is -0.496 e. The van der Waals surface area contributed by atoms with E-state index in [1.165, 1.54) is 18.4 Å². The van der Waals surface area contributed by atoms with Crippen molar-refractivity contribution >= 4 is 0 Å². The fourth-order valence-corrected chi connectivity index (χ4v) is 2.37. The lowest BCUT2D eigenvalue weighted by Crippen LogP contribution is -2.29. The van der Waals surface area contributed by atoms with Gasteiger partial charge in [-0.15, -0.1) is 0 Å². The van der Waals surface area contributed by atoms with E-state index in [1.54, 1.807) is 7.11 Å². The van der Waals surface area contributed by atoms with Gasteiger partial charge in [0.1, 0.15) is 5.75 Å². The van der Waals surface area contributed by atoms with E-state index in [-0.39, 0.29) is 6.04 Å². The molecule has 3 N–H and O–H groups in total. The van der Waals surface area contributed by atoms with Crippen LogP contribution in [0.1, 0.15) is 50.3 Å². The van der Waals surface area contributed by atoms with Gasteiger partial charge in [-0.1, -0.05) is 38.8 Å². The maximum atomic E-state index is 5.69. The lowest BCUT2D eigenvalue weighted by molar-refractivity contribution is 0.388. The Morgan fingerprint density at radius 2 is 2.11 bits per heavy atom. The maximum Gasteiger partial charge on any atom is 0.122 e. The number of ether oxygens (including phenoxy) is 1. The number of benzene rings is 1. The van der Waals surface area contributed by atoms with Gasteiger partial charge < -0.3 is 4.74 Å². The number of hydrogen-bond donors (Lipinski definition) is 2. The summed E-state index contributed by atoms with van der Waals surface area (Å²) >= 11 is 0. The normalized spacial score (nSPS) is 14.3. The maximum absolute atomic E-state index is 5.69. The molecule has 0 aliphatic rings. The average Bonchev–Trinajstić information content (AvgIpc) is 2.37. The number of aryl methyl sites for hydroxylation is 1. The lowest BCUT2D eigenvalue weighted by atomic mass is 9.93. The van der Waals surface area contributed by atoms with Crippen LogP contribution in [-0.2, 0) is 0 Å². The van der Waals surface area contributed by atoms with Crippen LogP contribution in [0, 0.1) is 12.8 Å². The van der Waals surface area contributed by atoms with Gasteiger partial charge in [0.25, 0.3) is 0 Å². The molecule has 2 atom stereocenters. The van der Waals surface area contributed by atoms with Gasteiger partial charge in [0.2, 0.25) is 0 Å². The fourth-order valence-electron chi connectivity index (χ4n) is 2.37. The molecule has 0 saturated heterocycles. The minimum absolute atomic E-state index is 0.195. The SMILES string of the molecule is CCCC(C)CC(NN)c1ccc(C)c(OC)c1. The molecule has 1 aromatic carbocycles. The Hall–Kier alpha value is -1.06. The Kier molecular flexibility index (Phi) is 6.16. The van der Waals surface area contributed by atoms with Crippen LogP contribution < -0.4 is 16.0 Å². The first-order chi connectivity index (χ1) is 8.62. The third-order valence-electron chi connectivity index (χ3n) is 3.46. The van der Waals surface area contributed by atoms with Crippen molar-refractivity contribution in [2.75, 3.05) is 7.11 Å². The van der Waals surface area contributed by atoms with Gasteiger partial charge in [-0.25, -0.2) is 0 Å². The molecule has 0 aliphatic carbocycles. The second-order valence-electron chi connectivity index (χ2n) is 5.08. The summed E-state index contributed by atoms with van der Waals surface area (Å²) in [5.41, 5.74) is 5.27. The van der Waals surface area contributed by atoms with Gasteiger partial charge >= 0.3 is 0 Å². The van der Waals surface area contributed by atoms with Crippen LogP contribution in [0.2, 0.25) is 0 Å². The Morgan fingerprint density at radius 3 is 2.67 bits per heavy atom. The average molecular weight is 250 g/mol. The zero-order chi connectivity index (χ0) is 13.5. The topological polar surface area (TPSA) is 47.3 Å². The summed E-state index contributed by atoms with van der Waals surface area (Å²) in [4.78, 5) is 0. The fraction of sp³-hybridized carbons (Fsp3) is 0.600. The van der Waals surface area contributed by atoms with E-state index in [9.17, 15) is 0 Å². The van der Waals surface area contributed by atoms with E-state index < -0.39 is 0 Å². The molecule has 0 aromatic heterocycles. The van der Waals surface area contributed by atoms with Crippen LogP contribution in [-0.4, -0.2) is 7.11 Å². The van der Waals surface area contributed by atoms with E-state index in [2.05, 4.69) is 37.5 Å². The zero-order valence-electron chi connectivity index (χ0n) is 12.0. The molecule has 0 aliphatic heterocycles. The molecule has 3 heteroatoms. The molecular weight excluding hydrogens is 224 g/mol. The van der Waals surface area contributed by atoms with E-state index in [4.69, 9.17) is 10.6 Å². The van der Waals surface area contributed by atoms with Gasteiger partial charge in [-0.2, -0.15) is 0 Å². The first-order valence-electron chi connectivity index (χ1n) is 6.73. The summed E-state index contributed by atoms with van der Waals surface area (Å²) in [6.07, 6.45) is 3.51. The summed E-state index contributed by atoms with van der Waals surface area (Å²) < 4.78 is 5.36. The smallest absolute Gasteiger partial charge is 0.122 e. The Labute approximate surface area is 111 Å². The largest absolute Gasteiger partial charge is 0.496 e. The lowest BCUT2D eigenvalue weighted by Gasteiger charge is -2.21. The molecular formula is C15H26N2O. The molecule has 0 spiro atoms. The first-order valence-corrected chi connectivity index (χ1v) is 6.73. The van der Waals surface area contributed by atoms with Gasteiger partial charge in [0, 0.05) is 6.04 Å². The van der Waals surface area contributed by atoms with Crippen LogP contribution in [0.4, 0.5) is 0 Å². The van der Waals surface area contributed by atoms with Gasteiger partial charge in [-0.3, -0.25) is 11.3 Å². The van der Waals surface area contributed by atoms with Gasteiger partial charge in [-0.05, 0) is 36.5 Å². The zero-order valence-corrected chi connectivity index (χ0v) is 12.0. The quantitative estimate of drug-likeness (QED) is 0.576. The highest BCUT2D eigenvalue weighted by Crippen LogP contribution is 2.27. The highest BCUT2D eigenvalue weighted by molar-refractivity contribution is 5.37. The Balaban J connectivity index is 2.81. The summed E-state index contributed by atoms with van der Waals surface area (Å²) in [6.45, 7) is 6.54. The molecule has 3 nitrogen and oxygen atoms in total. The molecule has 1 rings (SSSR count). The number of nitrogens with one attached hydrogen (secondary N) is 1. The molecule has 1 aromatic rings. The van der Waals surface area contributed by atoms with Crippen molar-refractivity contribution in [3.63, 3.8) is 0 Å². The predicted octanol–water partition coefficient (Wildman–Crippen LogP) is 3.33. The van der Waals surface area contributed by atoms with E-state index in [1.807, 2.05) is 6.92 Å². The molecule has 0 bridgehead atoms. The van der Waals surface area contributed by atoms with E-state index >= 15 is 0 Å². The third kappa shape index (κ3) is 4.00. The first kappa shape index (κ1) is 15.0. The molecule has 102 valence electrons. The van der Waals surface area contributed by atoms with Gasteiger partial charge in [0.15, 0.2) is 0 Å². The van der Waals surface area contributed by atoms with Crippen LogP contribution in [0.5, 0.6) is 5.75 Å². The Bertz CT molecular complexity index is 366. The predicted molar refractivity (Wildman–Crippen MR) is 76.5 cm³/mol. The number of methoxy groups -OCH3 is 1. The molecule has 2 unspecified atom stereocenters. The molecule has 0 heterocycles. The van der Waals surface area contributed by atoms with Crippen molar-refractivity contribution in [2.45, 2.75) is 46.1 Å². The Morgan fingerprint density at radius 1 is 1.39 bits per heavy atom. The number of rotatable bonds is 7. The molecule has 0 fully saturated rings. The third-order valence-corrected chi connectivity index (χ3v) is 3.46. The van der Waals surface area contributed by atoms with Crippen molar-refractivity contribution in [1.82, 2.24) is 5.43 Å². The second-order valence-corrected chi connectivity index (χ2v) is 5.08. The second kappa shape index (κ2) is 7.39. The molecule has 18 heavy (non-hydrogen) atoms. The van der Waals surface area contributed by atoms with Crippen molar-refractivity contribution < 1.29 is 4.74 Å². The van der Waals surface area contributed by atoms with Crippen LogP contribution in [0.3, 0.4) is 0 Å². The summed E-state index contributed by atoms with van der Waals surface area (Å²) in [6, 6.07) is 6.49. The summed E-state index contributed by atoms with van der Waals surface area (Å²) in [7, 11) is 1.71. The summed E-state index contributed by atoms with van der Waals surface area (Å²) in [5, 5.41) is 0. The monoisotopic (exact) mass is 250 g/mol. The van der Waals surface area contributed by atoms with E-state index in [0.29, 0.717) is 5.92 Å². The standard InChI is InChI=1S/C15H26N2O/c1-5-6-11(2)9-14(17-16)13-8-7-12(3)15(10-13)18-4/h7-8,10-11,14,17H,5-6,9,16H2,1-4H3. The van der Waals surface area contributed by atoms with Crippen molar-refractivity contribution in [3.8, 4) is 5.75 Å².